The van der Waals surface area contributed by atoms with Crippen LogP contribution in [0.5, 0.6) is 0 Å². The molecule has 0 N–H and O–H groups in total. The van der Waals surface area contributed by atoms with E-state index in [0.29, 0.717) is 37.0 Å². The van der Waals surface area contributed by atoms with E-state index in [4.69, 9.17) is 9.47 Å². The SMILES string of the molecule is CC1(C)CN(C(=O)C2CC23CC3)[C@@H]2COC[C@H]2O1. The zero-order valence-corrected chi connectivity index (χ0v) is 11.1. The zero-order chi connectivity index (χ0) is 12.5. The zero-order valence-electron chi connectivity index (χ0n) is 11.1. The highest BCUT2D eigenvalue weighted by Gasteiger charge is 2.67. The first-order chi connectivity index (χ1) is 8.51. The van der Waals surface area contributed by atoms with E-state index < -0.39 is 0 Å². The van der Waals surface area contributed by atoms with Gasteiger partial charge in [-0.15, -0.1) is 0 Å². The van der Waals surface area contributed by atoms with Crippen molar-refractivity contribution in [2.24, 2.45) is 11.3 Å². The number of fused-ring (bicyclic) bond motifs is 1. The second kappa shape index (κ2) is 3.28. The van der Waals surface area contributed by atoms with Crippen molar-refractivity contribution in [3.05, 3.63) is 0 Å². The minimum atomic E-state index is -0.240. The van der Waals surface area contributed by atoms with Crippen LogP contribution in [-0.2, 0) is 14.3 Å². The molecule has 2 saturated carbocycles. The van der Waals surface area contributed by atoms with Gasteiger partial charge in [-0.2, -0.15) is 0 Å². The number of hydrogen-bond donors (Lipinski definition) is 0. The van der Waals surface area contributed by atoms with Crippen LogP contribution < -0.4 is 0 Å². The Bertz CT molecular complexity index is 402. The maximum atomic E-state index is 12.7. The van der Waals surface area contributed by atoms with Gasteiger partial charge in [-0.05, 0) is 38.5 Å². The van der Waals surface area contributed by atoms with Crippen molar-refractivity contribution in [2.75, 3.05) is 19.8 Å². The molecular weight excluding hydrogens is 230 g/mol. The fourth-order valence-corrected chi connectivity index (χ4v) is 3.75. The number of carbonyl (C=O) groups is 1. The van der Waals surface area contributed by atoms with E-state index in [0.717, 1.165) is 6.42 Å². The number of ether oxygens (including phenoxy) is 2. The first-order valence-corrected chi connectivity index (χ1v) is 7.07. The van der Waals surface area contributed by atoms with Crippen LogP contribution in [-0.4, -0.2) is 48.3 Å². The molecule has 4 rings (SSSR count). The molecule has 4 heteroatoms. The van der Waals surface area contributed by atoms with Crippen LogP contribution in [0.25, 0.3) is 0 Å². The molecule has 2 aliphatic carbocycles. The topological polar surface area (TPSA) is 38.8 Å². The molecule has 100 valence electrons. The van der Waals surface area contributed by atoms with Crippen LogP contribution >= 0.6 is 0 Å². The highest BCUT2D eigenvalue weighted by atomic mass is 16.6. The summed E-state index contributed by atoms with van der Waals surface area (Å²) in [4.78, 5) is 14.7. The summed E-state index contributed by atoms with van der Waals surface area (Å²) in [6.07, 6.45) is 3.73. The van der Waals surface area contributed by atoms with E-state index in [1.807, 2.05) is 0 Å². The molecule has 4 aliphatic rings. The number of hydrogen-bond acceptors (Lipinski definition) is 3. The number of rotatable bonds is 1. The van der Waals surface area contributed by atoms with E-state index >= 15 is 0 Å². The average Bonchev–Trinajstić information content (AvgIpc) is 3.19. The van der Waals surface area contributed by atoms with E-state index in [1.165, 1.54) is 12.8 Å². The van der Waals surface area contributed by atoms with E-state index in [9.17, 15) is 4.79 Å². The van der Waals surface area contributed by atoms with Gasteiger partial charge in [0.05, 0.1) is 24.9 Å². The van der Waals surface area contributed by atoms with Gasteiger partial charge in [0, 0.05) is 12.5 Å². The molecule has 0 aromatic rings. The fraction of sp³-hybridized carbons (Fsp3) is 0.929. The normalized spacial score (nSPS) is 42.8. The van der Waals surface area contributed by atoms with Crippen LogP contribution in [0.1, 0.15) is 33.1 Å². The summed E-state index contributed by atoms with van der Waals surface area (Å²) in [6.45, 7) is 6.13. The van der Waals surface area contributed by atoms with Crippen molar-refractivity contribution in [1.82, 2.24) is 4.90 Å². The molecule has 2 heterocycles. The van der Waals surface area contributed by atoms with Crippen molar-refractivity contribution < 1.29 is 14.3 Å². The highest BCUT2D eigenvalue weighted by Crippen LogP contribution is 2.71. The van der Waals surface area contributed by atoms with Crippen molar-refractivity contribution in [3.63, 3.8) is 0 Å². The molecule has 4 fully saturated rings. The van der Waals surface area contributed by atoms with Crippen molar-refractivity contribution in [1.29, 1.82) is 0 Å². The molecule has 3 atom stereocenters. The van der Waals surface area contributed by atoms with Crippen LogP contribution in [0.2, 0.25) is 0 Å². The third-order valence-corrected chi connectivity index (χ3v) is 5.08. The third-order valence-electron chi connectivity index (χ3n) is 5.08. The fourth-order valence-electron chi connectivity index (χ4n) is 3.75. The van der Waals surface area contributed by atoms with E-state index in [-0.39, 0.29) is 17.7 Å². The molecule has 0 bridgehead atoms. The van der Waals surface area contributed by atoms with Crippen LogP contribution in [0.3, 0.4) is 0 Å². The lowest BCUT2D eigenvalue weighted by molar-refractivity contribution is -0.170. The quantitative estimate of drug-likeness (QED) is 0.702. The molecule has 18 heavy (non-hydrogen) atoms. The van der Waals surface area contributed by atoms with Crippen LogP contribution in [0.4, 0.5) is 0 Å². The largest absolute Gasteiger partial charge is 0.376 e. The van der Waals surface area contributed by atoms with Gasteiger partial charge in [-0.1, -0.05) is 0 Å². The van der Waals surface area contributed by atoms with E-state index in [2.05, 4.69) is 18.7 Å². The lowest BCUT2D eigenvalue weighted by Gasteiger charge is -2.45. The molecule has 2 aliphatic heterocycles. The number of amides is 1. The van der Waals surface area contributed by atoms with Gasteiger partial charge in [0.15, 0.2) is 0 Å². The summed E-state index contributed by atoms with van der Waals surface area (Å²) in [6, 6.07) is 0.155. The van der Waals surface area contributed by atoms with Gasteiger partial charge < -0.3 is 14.4 Å². The van der Waals surface area contributed by atoms with Gasteiger partial charge in [-0.3, -0.25) is 4.79 Å². The first kappa shape index (κ1) is 11.2. The van der Waals surface area contributed by atoms with Gasteiger partial charge in [-0.25, -0.2) is 0 Å². The Kier molecular flexibility index (Phi) is 2.05. The van der Waals surface area contributed by atoms with Gasteiger partial charge in [0.25, 0.3) is 0 Å². The third kappa shape index (κ3) is 1.55. The Balaban J connectivity index is 1.56. The maximum absolute atomic E-state index is 12.7. The number of morpholine rings is 1. The lowest BCUT2D eigenvalue weighted by atomic mass is 10.00. The lowest BCUT2D eigenvalue weighted by Crippen LogP contribution is -2.60. The summed E-state index contributed by atoms with van der Waals surface area (Å²) in [7, 11) is 0. The van der Waals surface area contributed by atoms with Gasteiger partial charge >= 0.3 is 0 Å². The molecule has 2 saturated heterocycles. The Morgan fingerprint density at radius 3 is 2.72 bits per heavy atom. The minimum absolute atomic E-state index is 0.0756. The second-order valence-electron chi connectivity index (χ2n) is 7.11. The number of carbonyl (C=O) groups excluding carboxylic acids is 1. The van der Waals surface area contributed by atoms with Gasteiger partial charge in [0.1, 0.15) is 6.10 Å². The molecular formula is C14H21NO3. The maximum Gasteiger partial charge on any atom is 0.226 e. The Morgan fingerprint density at radius 2 is 2.06 bits per heavy atom. The minimum Gasteiger partial charge on any atom is -0.376 e. The monoisotopic (exact) mass is 251 g/mol. The molecule has 0 aromatic carbocycles. The Morgan fingerprint density at radius 1 is 1.28 bits per heavy atom. The molecule has 1 unspecified atom stereocenters. The van der Waals surface area contributed by atoms with Crippen molar-refractivity contribution in [3.8, 4) is 0 Å². The predicted octanol–water partition coefficient (Wildman–Crippen LogP) is 1.19. The summed E-state index contributed by atoms with van der Waals surface area (Å²) >= 11 is 0. The summed E-state index contributed by atoms with van der Waals surface area (Å²) in [5.74, 6) is 0.678. The standard InChI is InChI=1S/C14H21NO3/c1-13(2)8-15(10-6-17-7-11(10)18-13)12(16)9-5-14(9)3-4-14/h9-11H,3-8H2,1-2H3/t9?,10-,11-/m1/s1. The van der Waals surface area contributed by atoms with Crippen molar-refractivity contribution >= 4 is 5.91 Å². The molecule has 1 amide bonds. The second-order valence-corrected chi connectivity index (χ2v) is 7.11. The molecule has 4 nitrogen and oxygen atoms in total. The van der Waals surface area contributed by atoms with Crippen LogP contribution in [0.15, 0.2) is 0 Å². The average molecular weight is 251 g/mol. The Labute approximate surface area is 108 Å². The molecule has 1 spiro atoms. The smallest absolute Gasteiger partial charge is 0.226 e. The first-order valence-electron chi connectivity index (χ1n) is 7.07. The predicted molar refractivity (Wildman–Crippen MR) is 65.0 cm³/mol. The van der Waals surface area contributed by atoms with E-state index in [1.54, 1.807) is 0 Å². The summed E-state index contributed by atoms with van der Waals surface area (Å²) in [5, 5.41) is 0. The molecule has 0 radical (unpaired) electrons. The van der Waals surface area contributed by atoms with Gasteiger partial charge in [0.2, 0.25) is 5.91 Å². The van der Waals surface area contributed by atoms with Crippen LogP contribution in [0, 0.1) is 11.3 Å². The van der Waals surface area contributed by atoms with Crippen molar-refractivity contribution in [2.45, 2.75) is 50.9 Å². The number of nitrogens with zero attached hydrogens (tertiary/aromatic N) is 1. The Hall–Kier alpha value is -0.610. The highest BCUT2D eigenvalue weighted by molar-refractivity contribution is 5.84. The summed E-state index contributed by atoms with van der Waals surface area (Å²) < 4.78 is 11.5. The molecule has 0 aromatic heterocycles. The summed E-state index contributed by atoms with van der Waals surface area (Å²) in [5.41, 5.74) is 0.199.